The van der Waals surface area contributed by atoms with E-state index in [2.05, 4.69) is 0 Å². The van der Waals surface area contributed by atoms with Gasteiger partial charge in [0, 0.05) is 25.6 Å². The lowest BCUT2D eigenvalue weighted by Gasteiger charge is -2.19. The summed E-state index contributed by atoms with van der Waals surface area (Å²) in [5.74, 6) is 0.316. The zero-order valence-electron chi connectivity index (χ0n) is 8.55. The Labute approximate surface area is 83.9 Å². The van der Waals surface area contributed by atoms with E-state index in [1.807, 2.05) is 13.0 Å². The first kappa shape index (κ1) is 10.7. The van der Waals surface area contributed by atoms with Gasteiger partial charge in [0.2, 0.25) is 0 Å². The number of halogens is 1. The summed E-state index contributed by atoms with van der Waals surface area (Å²) in [6, 6.07) is 6.67. The Kier molecular flexibility index (Phi) is 3.63. The van der Waals surface area contributed by atoms with Gasteiger partial charge in [-0.05, 0) is 6.07 Å². The van der Waals surface area contributed by atoms with Crippen LogP contribution in [0.2, 0.25) is 0 Å². The first-order valence-corrected chi connectivity index (χ1v) is 4.67. The maximum Gasteiger partial charge on any atom is 0.128 e. The van der Waals surface area contributed by atoms with Gasteiger partial charge in [-0.2, -0.15) is 0 Å². The molecule has 0 aliphatic carbocycles. The fraction of sp³-hybridized carbons (Fsp3) is 0.364. The van der Waals surface area contributed by atoms with Crippen molar-refractivity contribution in [2.75, 3.05) is 7.05 Å². The van der Waals surface area contributed by atoms with Crippen LogP contribution >= 0.6 is 0 Å². The highest BCUT2D eigenvalue weighted by atomic mass is 19.1. The van der Waals surface area contributed by atoms with Crippen molar-refractivity contribution in [1.29, 1.82) is 5.41 Å². The van der Waals surface area contributed by atoms with Gasteiger partial charge in [-0.1, -0.05) is 25.1 Å². The summed E-state index contributed by atoms with van der Waals surface area (Å²) in [6.45, 7) is 2.37. The predicted octanol–water partition coefficient (Wildman–Crippen LogP) is 2.64. The Morgan fingerprint density at radius 2 is 2.07 bits per heavy atom. The zero-order chi connectivity index (χ0) is 10.6. The maximum absolute atomic E-state index is 13.2. The minimum absolute atomic E-state index is 0.205. The Morgan fingerprint density at radius 3 is 2.64 bits per heavy atom. The van der Waals surface area contributed by atoms with Crippen molar-refractivity contribution < 1.29 is 4.39 Å². The molecule has 0 aliphatic rings. The summed E-state index contributed by atoms with van der Waals surface area (Å²) in [5.41, 5.74) is 0.633. The van der Waals surface area contributed by atoms with Crippen LogP contribution in [0.5, 0.6) is 0 Å². The highest BCUT2D eigenvalue weighted by Crippen LogP contribution is 2.09. The second-order valence-electron chi connectivity index (χ2n) is 3.25. The summed E-state index contributed by atoms with van der Waals surface area (Å²) in [4.78, 5) is 1.75. The molecule has 1 aromatic rings. The average molecular weight is 194 g/mol. The van der Waals surface area contributed by atoms with E-state index in [1.54, 1.807) is 24.1 Å². The molecule has 76 valence electrons. The van der Waals surface area contributed by atoms with Crippen molar-refractivity contribution in [3.8, 4) is 0 Å². The third-order valence-corrected chi connectivity index (χ3v) is 2.16. The van der Waals surface area contributed by atoms with Gasteiger partial charge in [-0.3, -0.25) is 5.41 Å². The lowest BCUT2D eigenvalue weighted by atomic mass is 10.2. The molecule has 0 saturated carbocycles. The molecule has 14 heavy (non-hydrogen) atoms. The van der Waals surface area contributed by atoms with Crippen molar-refractivity contribution >= 4 is 5.84 Å². The average Bonchev–Trinajstić information content (AvgIpc) is 2.20. The number of hydrogen-bond acceptors (Lipinski definition) is 1. The van der Waals surface area contributed by atoms with Crippen LogP contribution in [0.25, 0.3) is 0 Å². The fourth-order valence-electron chi connectivity index (χ4n) is 1.25. The van der Waals surface area contributed by atoms with Crippen LogP contribution in [0.4, 0.5) is 4.39 Å². The highest BCUT2D eigenvalue weighted by molar-refractivity contribution is 5.78. The second-order valence-corrected chi connectivity index (χ2v) is 3.25. The number of rotatable bonds is 3. The van der Waals surface area contributed by atoms with Crippen molar-refractivity contribution in [3.05, 3.63) is 35.6 Å². The van der Waals surface area contributed by atoms with Crippen molar-refractivity contribution in [2.24, 2.45) is 0 Å². The van der Waals surface area contributed by atoms with E-state index >= 15 is 0 Å². The summed E-state index contributed by atoms with van der Waals surface area (Å²) in [6.07, 6.45) is 0.672. The molecule has 1 rings (SSSR count). The van der Waals surface area contributed by atoms with E-state index in [0.29, 0.717) is 24.4 Å². The number of hydrogen-bond donors (Lipinski definition) is 1. The number of nitrogens with one attached hydrogen (secondary N) is 1. The quantitative estimate of drug-likeness (QED) is 0.581. The van der Waals surface area contributed by atoms with Crippen LogP contribution in [-0.4, -0.2) is 17.8 Å². The first-order chi connectivity index (χ1) is 6.65. The predicted molar refractivity (Wildman–Crippen MR) is 55.9 cm³/mol. The van der Waals surface area contributed by atoms with Gasteiger partial charge in [-0.15, -0.1) is 0 Å². The molecule has 0 fully saturated rings. The third kappa shape index (κ3) is 2.55. The summed E-state index contributed by atoms with van der Waals surface area (Å²) in [5, 5.41) is 7.57. The molecule has 0 unspecified atom stereocenters. The van der Waals surface area contributed by atoms with Gasteiger partial charge < -0.3 is 4.90 Å². The Morgan fingerprint density at radius 1 is 1.43 bits per heavy atom. The molecule has 1 aromatic carbocycles. The number of nitrogens with zero attached hydrogens (tertiary/aromatic N) is 1. The van der Waals surface area contributed by atoms with Crippen molar-refractivity contribution in [3.63, 3.8) is 0 Å². The van der Waals surface area contributed by atoms with E-state index in [0.717, 1.165) is 0 Å². The molecule has 1 N–H and O–H groups in total. The fourth-order valence-corrected chi connectivity index (χ4v) is 1.25. The largest absolute Gasteiger partial charge is 0.359 e. The van der Waals surface area contributed by atoms with Crippen LogP contribution in [0.3, 0.4) is 0 Å². The molecule has 0 aliphatic heterocycles. The van der Waals surface area contributed by atoms with Gasteiger partial charge in [0.15, 0.2) is 0 Å². The van der Waals surface area contributed by atoms with Gasteiger partial charge in [0.1, 0.15) is 5.82 Å². The Hall–Kier alpha value is -1.38. The minimum Gasteiger partial charge on any atom is -0.359 e. The normalized spacial score (nSPS) is 9.93. The van der Waals surface area contributed by atoms with Gasteiger partial charge in [-0.25, -0.2) is 4.39 Å². The summed E-state index contributed by atoms with van der Waals surface area (Å²) in [7, 11) is 1.80. The van der Waals surface area contributed by atoms with Crippen LogP contribution in [0.1, 0.15) is 18.9 Å². The van der Waals surface area contributed by atoms with E-state index in [4.69, 9.17) is 5.41 Å². The van der Waals surface area contributed by atoms with Crippen LogP contribution in [-0.2, 0) is 6.54 Å². The Balaban J connectivity index is 2.69. The monoisotopic (exact) mass is 194 g/mol. The summed E-state index contributed by atoms with van der Waals surface area (Å²) < 4.78 is 13.2. The van der Waals surface area contributed by atoms with Gasteiger partial charge >= 0.3 is 0 Å². The Bertz CT molecular complexity index is 323. The molecular weight excluding hydrogens is 179 g/mol. The SMILES string of the molecule is CCC(=N)N(C)Cc1ccccc1F. The van der Waals surface area contributed by atoms with E-state index in [1.165, 1.54) is 6.07 Å². The second kappa shape index (κ2) is 4.74. The minimum atomic E-state index is -0.205. The number of amidine groups is 1. The lowest BCUT2D eigenvalue weighted by molar-refractivity contribution is 0.469. The maximum atomic E-state index is 13.2. The van der Waals surface area contributed by atoms with Gasteiger partial charge in [0.25, 0.3) is 0 Å². The van der Waals surface area contributed by atoms with Crippen molar-refractivity contribution in [1.82, 2.24) is 4.90 Å². The third-order valence-electron chi connectivity index (χ3n) is 2.16. The molecule has 0 saturated heterocycles. The molecule has 0 aromatic heterocycles. The molecule has 2 nitrogen and oxygen atoms in total. The number of benzene rings is 1. The molecule has 3 heteroatoms. The topological polar surface area (TPSA) is 27.1 Å². The summed E-state index contributed by atoms with van der Waals surface area (Å²) >= 11 is 0. The van der Waals surface area contributed by atoms with Crippen LogP contribution in [0, 0.1) is 11.2 Å². The smallest absolute Gasteiger partial charge is 0.128 e. The first-order valence-electron chi connectivity index (χ1n) is 4.67. The molecule has 0 atom stereocenters. The van der Waals surface area contributed by atoms with E-state index in [-0.39, 0.29) is 5.82 Å². The standard InChI is InChI=1S/C11H15FN2/c1-3-11(13)14(2)8-9-6-4-5-7-10(9)12/h4-7,13H,3,8H2,1-2H3. The van der Waals surface area contributed by atoms with Crippen LogP contribution in [0.15, 0.2) is 24.3 Å². The molecule has 0 spiro atoms. The van der Waals surface area contributed by atoms with Crippen molar-refractivity contribution in [2.45, 2.75) is 19.9 Å². The molecule has 0 heterocycles. The van der Waals surface area contributed by atoms with E-state index in [9.17, 15) is 4.39 Å². The zero-order valence-corrected chi connectivity index (χ0v) is 8.55. The molecule has 0 bridgehead atoms. The van der Waals surface area contributed by atoms with E-state index < -0.39 is 0 Å². The van der Waals surface area contributed by atoms with Gasteiger partial charge in [0.05, 0.1) is 5.84 Å². The molecular formula is C11H15FN2. The molecule has 0 radical (unpaired) electrons. The molecule has 0 amide bonds. The van der Waals surface area contributed by atoms with Crippen LogP contribution < -0.4 is 0 Å². The lowest BCUT2D eigenvalue weighted by Crippen LogP contribution is -2.24. The highest BCUT2D eigenvalue weighted by Gasteiger charge is 2.06.